The molecule has 0 amide bonds. The zero-order chi connectivity index (χ0) is 14.4. The first-order valence-electron chi connectivity index (χ1n) is 7.47. The van der Waals surface area contributed by atoms with Gasteiger partial charge in [-0.3, -0.25) is 0 Å². The zero-order valence-electron chi connectivity index (χ0n) is 12.2. The molecular weight excluding hydrogens is 274 g/mol. The third-order valence-electron chi connectivity index (χ3n) is 3.82. The number of ether oxygens (including phenoxy) is 2. The quantitative estimate of drug-likeness (QED) is 0.837. The molecule has 3 nitrogen and oxygen atoms in total. The average Bonchev–Trinajstić information content (AvgIpc) is 2.70. The van der Waals surface area contributed by atoms with Crippen molar-refractivity contribution in [1.29, 1.82) is 0 Å². The molecule has 1 aliphatic rings. The Hall–Kier alpha value is -0.930. The molecule has 1 aromatic carbocycles. The summed E-state index contributed by atoms with van der Waals surface area (Å²) in [6.45, 7) is 0.574. The monoisotopic (exact) mass is 297 g/mol. The van der Waals surface area contributed by atoms with Gasteiger partial charge in [0.2, 0.25) is 0 Å². The fraction of sp³-hybridized carbons (Fsp3) is 0.625. The molecule has 1 fully saturated rings. The highest BCUT2D eigenvalue weighted by Gasteiger charge is 2.19. The Bertz CT molecular complexity index is 429. The fourth-order valence-corrected chi connectivity index (χ4v) is 3.01. The molecule has 1 aliphatic carbocycles. The molecule has 0 radical (unpaired) electrons. The lowest BCUT2D eigenvalue weighted by Gasteiger charge is -2.21. The maximum absolute atomic E-state index is 6.26. The van der Waals surface area contributed by atoms with Crippen molar-refractivity contribution in [3.05, 3.63) is 22.7 Å². The van der Waals surface area contributed by atoms with Crippen molar-refractivity contribution < 1.29 is 9.47 Å². The summed E-state index contributed by atoms with van der Waals surface area (Å²) in [5.74, 6) is 1.54. The van der Waals surface area contributed by atoms with E-state index in [0.29, 0.717) is 17.3 Å². The maximum Gasteiger partial charge on any atom is 0.164 e. The number of rotatable bonds is 5. The van der Waals surface area contributed by atoms with Crippen LogP contribution >= 0.6 is 11.6 Å². The molecule has 0 atom stereocenters. The van der Waals surface area contributed by atoms with E-state index < -0.39 is 0 Å². The van der Waals surface area contributed by atoms with Crippen LogP contribution < -0.4 is 15.2 Å². The van der Waals surface area contributed by atoms with Gasteiger partial charge < -0.3 is 15.2 Å². The number of hydrogen-bond donors (Lipinski definition) is 1. The highest BCUT2D eigenvalue weighted by molar-refractivity contribution is 6.30. The van der Waals surface area contributed by atoms with Gasteiger partial charge in [-0.05, 0) is 44.7 Å². The van der Waals surface area contributed by atoms with Crippen molar-refractivity contribution in [2.75, 3.05) is 13.7 Å². The minimum atomic E-state index is 0.282. The van der Waals surface area contributed by atoms with Crippen LogP contribution in [0.15, 0.2) is 12.1 Å². The number of benzene rings is 1. The Morgan fingerprint density at radius 3 is 2.50 bits per heavy atom. The predicted molar refractivity (Wildman–Crippen MR) is 82.9 cm³/mol. The van der Waals surface area contributed by atoms with Crippen LogP contribution in [-0.2, 0) is 6.42 Å². The summed E-state index contributed by atoms with van der Waals surface area (Å²) in [5, 5.41) is 0.665. The smallest absolute Gasteiger partial charge is 0.164 e. The molecule has 0 unspecified atom stereocenters. The molecule has 0 saturated heterocycles. The van der Waals surface area contributed by atoms with Crippen molar-refractivity contribution in [1.82, 2.24) is 0 Å². The first-order chi connectivity index (χ1) is 9.74. The molecule has 2 rings (SSSR count). The van der Waals surface area contributed by atoms with Gasteiger partial charge >= 0.3 is 0 Å². The second-order valence-electron chi connectivity index (χ2n) is 5.37. The van der Waals surface area contributed by atoms with Gasteiger partial charge in [0.1, 0.15) is 0 Å². The zero-order valence-corrected chi connectivity index (χ0v) is 12.9. The number of halogens is 1. The second kappa shape index (κ2) is 7.75. The topological polar surface area (TPSA) is 44.5 Å². The van der Waals surface area contributed by atoms with Gasteiger partial charge in [-0.15, -0.1) is 0 Å². The van der Waals surface area contributed by atoms with Crippen molar-refractivity contribution in [2.45, 2.75) is 51.0 Å². The van der Waals surface area contributed by atoms with Crippen molar-refractivity contribution in [3.8, 4) is 11.5 Å². The minimum absolute atomic E-state index is 0.282. The van der Waals surface area contributed by atoms with Gasteiger partial charge in [0.15, 0.2) is 11.5 Å². The molecule has 112 valence electrons. The average molecular weight is 298 g/mol. The largest absolute Gasteiger partial charge is 0.493 e. The van der Waals surface area contributed by atoms with E-state index in [0.717, 1.165) is 30.6 Å². The van der Waals surface area contributed by atoms with E-state index in [4.69, 9.17) is 26.8 Å². The molecular formula is C16H24ClNO2. The van der Waals surface area contributed by atoms with Gasteiger partial charge in [0.25, 0.3) is 0 Å². The molecule has 1 aromatic rings. The van der Waals surface area contributed by atoms with E-state index in [1.54, 1.807) is 7.11 Å². The van der Waals surface area contributed by atoms with Crippen LogP contribution in [0.4, 0.5) is 0 Å². The van der Waals surface area contributed by atoms with Crippen LogP contribution in [0, 0.1) is 0 Å². The lowest BCUT2D eigenvalue weighted by molar-refractivity contribution is 0.174. The van der Waals surface area contributed by atoms with E-state index >= 15 is 0 Å². The highest BCUT2D eigenvalue weighted by Crippen LogP contribution is 2.37. The molecule has 1 saturated carbocycles. The molecule has 20 heavy (non-hydrogen) atoms. The molecule has 0 spiro atoms. The number of hydrogen-bond acceptors (Lipinski definition) is 3. The van der Waals surface area contributed by atoms with E-state index in [-0.39, 0.29) is 6.10 Å². The third-order valence-corrected chi connectivity index (χ3v) is 4.04. The number of methoxy groups -OCH3 is 1. The molecule has 0 bridgehead atoms. The van der Waals surface area contributed by atoms with Crippen LogP contribution in [0.3, 0.4) is 0 Å². The van der Waals surface area contributed by atoms with E-state index in [1.807, 2.05) is 12.1 Å². The van der Waals surface area contributed by atoms with Crippen molar-refractivity contribution in [2.24, 2.45) is 5.73 Å². The summed E-state index contributed by atoms with van der Waals surface area (Å²) < 4.78 is 11.7. The van der Waals surface area contributed by atoms with Crippen LogP contribution in [0.25, 0.3) is 0 Å². The van der Waals surface area contributed by atoms with Gasteiger partial charge in [0.05, 0.1) is 13.2 Å². The first-order valence-corrected chi connectivity index (χ1v) is 7.85. The first kappa shape index (κ1) is 15.5. The summed E-state index contributed by atoms with van der Waals surface area (Å²) in [6, 6.07) is 3.75. The predicted octanol–water partition coefficient (Wildman–Crippen LogP) is 3.95. The van der Waals surface area contributed by atoms with E-state index in [1.165, 1.54) is 25.7 Å². The van der Waals surface area contributed by atoms with Crippen LogP contribution in [0.5, 0.6) is 11.5 Å². The molecule has 2 N–H and O–H groups in total. The van der Waals surface area contributed by atoms with Gasteiger partial charge in [0, 0.05) is 16.7 Å². The van der Waals surface area contributed by atoms with Crippen molar-refractivity contribution in [3.63, 3.8) is 0 Å². The molecule has 0 heterocycles. The highest BCUT2D eigenvalue weighted by atomic mass is 35.5. The van der Waals surface area contributed by atoms with Gasteiger partial charge in [-0.25, -0.2) is 0 Å². The Morgan fingerprint density at radius 1 is 1.20 bits per heavy atom. The summed E-state index contributed by atoms with van der Waals surface area (Å²) in [7, 11) is 1.65. The third kappa shape index (κ3) is 4.03. The minimum Gasteiger partial charge on any atom is -0.493 e. The maximum atomic E-state index is 6.26. The molecule has 0 aromatic heterocycles. The molecule has 0 aliphatic heterocycles. The lowest BCUT2D eigenvalue weighted by atomic mass is 10.1. The SMILES string of the molecule is COc1cc(Cl)cc(CCN)c1OC1CCCCCC1. The van der Waals surface area contributed by atoms with E-state index in [2.05, 4.69) is 0 Å². The van der Waals surface area contributed by atoms with Gasteiger partial charge in [-0.2, -0.15) is 0 Å². The summed E-state index contributed by atoms with van der Waals surface area (Å²) >= 11 is 6.13. The summed E-state index contributed by atoms with van der Waals surface area (Å²) in [4.78, 5) is 0. The van der Waals surface area contributed by atoms with E-state index in [9.17, 15) is 0 Å². The Labute approximate surface area is 126 Å². The van der Waals surface area contributed by atoms with Crippen LogP contribution in [0.2, 0.25) is 5.02 Å². The second-order valence-corrected chi connectivity index (χ2v) is 5.80. The fourth-order valence-electron chi connectivity index (χ4n) is 2.78. The van der Waals surface area contributed by atoms with Crippen molar-refractivity contribution >= 4 is 11.6 Å². The Morgan fingerprint density at radius 2 is 1.90 bits per heavy atom. The van der Waals surface area contributed by atoms with Crippen LogP contribution in [0.1, 0.15) is 44.1 Å². The number of nitrogens with two attached hydrogens (primary N) is 1. The lowest BCUT2D eigenvalue weighted by Crippen LogP contribution is -2.17. The standard InChI is InChI=1S/C16H24ClNO2/c1-19-15-11-13(17)10-12(8-9-18)16(15)20-14-6-4-2-3-5-7-14/h10-11,14H,2-9,18H2,1H3. The Kier molecular flexibility index (Phi) is 5.99. The molecule has 4 heteroatoms. The summed E-state index contributed by atoms with van der Waals surface area (Å²) in [6.07, 6.45) is 8.38. The normalized spacial score (nSPS) is 16.8. The van der Waals surface area contributed by atoms with Gasteiger partial charge in [-0.1, -0.05) is 24.4 Å². The van der Waals surface area contributed by atoms with Crippen LogP contribution in [-0.4, -0.2) is 19.8 Å². The Balaban J connectivity index is 2.22. The summed E-state index contributed by atoms with van der Waals surface area (Å²) in [5.41, 5.74) is 6.73.